The van der Waals surface area contributed by atoms with Crippen LogP contribution in [-0.4, -0.2) is 76.4 Å². The van der Waals surface area contributed by atoms with Crippen molar-refractivity contribution in [3.05, 3.63) is 34.4 Å². The lowest BCUT2D eigenvalue weighted by Crippen LogP contribution is -2.50. The van der Waals surface area contributed by atoms with Gasteiger partial charge in [0, 0.05) is 37.9 Å². The molecule has 0 radical (unpaired) electrons. The fourth-order valence-electron chi connectivity index (χ4n) is 7.74. The quantitative estimate of drug-likeness (QED) is 0.487. The summed E-state index contributed by atoms with van der Waals surface area (Å²) in [6.45, 7) is 10.5. The number of nitrogens with one attached hydrogen (secondary N) is 1. The number of nitrogens with zero attached hydrogens (tertiary/aromatic N) is 7. The molecule has 1 spiro atoms. The molecule has 2 unspecified atom stereocenters. The maximum atomic E-state index is 9.99. The van der Waals surface area contributed by atoms with Crippen LogP contribution in [0, 0.1) is 11.3 Å². The van der Waals surface area contributed by atoms with Crippen LogP contribution >= 0.6 is 0 Å². The molecule has 2 aromatic heterocycles. The van der Waals surface area contributed by atoms with Crippen molar-refractivity contribution in [2.75, 3.05) is 44.7 Å². The summed E-state index contributed by atoms with van der Waals surface area (Å²) in [6, 6.07) is 4.64. The summed E-state index contributed by atoms with van der Waals surface area (Å²) in [5.41, 5.74) is 9.19. The molecule has 11 nitrogen and oxygen atoms in total. The lowest BCUT2D eigenvalue weighted by atomic mass is 9.68. The summed E-state index contributed by atoms with van der Waals surface area (Å²) >= 11 is 0. The molecule has 3 N–H and O–H groups in total. The van der Waals surface area contributed by atoms with Gasteiger partial charge in [-0.2, -0.15) is 20.2 Å². The number of likely N-dealkylation sites (tertiary alicyclic amines) is 1. The number of nitrogens with two attached hydrogens (primary N) is 1. The van der Waals surface area contributed by atoms with Crippen LogP contribution in [0.15, 0.2) is 33.0 Å². The Morgan fingerprint density at radius 2 is 1.93 bits per heavy atom. The maximum Gasteiger partial charge on any atom is 0.319 e. The molecular formula is C31H43N9O2. The fraction of sp³-hybridized carbons (Fsp3) is 0.645. The van der Waals surface area contributed by atoms with Crippen LogP contribution in [-0.2, 0) is 5.41 Å². The van der Waals surface area contributed by atoms with Crippen molar-refractivity contribution < 1.29 is 9.26 Å². The first-order valence-corrected chi connectivity index (χ1v) is 15.4. The highest BCUT2D eigenvalue weighted by Crippen LogP contribution is 2.47. The summed E-state index contributed by atoms with van der Waals surface area (Å²) in [5.74, 6) is 1.67. The molecule has 0 bridgehead atoms. The summed E-state index contributed by atoms with van der Waals surface area (Å²) in [5, 5.41) is 17.8. The van der Waals surface area contributed by atoms with E-state index in [1.165, 1.54) is 6.42 Å². The third-order valence-corrected chi connectivity index (χ3v) is 10.0. The number of aromatic nitrogens is 4. The first kappa shape index (κ1) is 28.6. The van der Waals surface area contributed by atoms with Gasteiger partial charge >= 0.3 is 6.01 Å². The molecule has 4 heterocycles. The van der Waals surface area contributed by atoms with E-state index >= 15 is 0 Å². The number of hydrogen-bond donors (Lipinski definition) is 2. The lowest BCUT2D eigenvalue weighted by Gasteiger charge is -2.37. The third-order valence-electron chi connectivity index (χ3n) is 10.0. The van der Waals surface area contributed by atoms with Crippen molar-refractivity contribution in [3.63, 3.8) is 0 Å². The van der Waals surface area contributed by atoms with Gasteiger partial charge in [0.15, 0.2) is 0 Å². The summed E-state index contributed by atoms with van der Waals surface area (Å²) in [7, 11) is 2.22. The van der Waals surface area contributed by atoms with E-state index in [0.29, 0.717) is 34.7 Å². The minimum absolute atomic E-state index is 0.0458. The number of ether oxygens (including phenoxy) is 1. The molecule has 3 atom stereocenters. The monoisotopic (exact) mass is 573 g/mol. The van der Waals surface area contributed by atoms with Gasteiger partial charge in [-0.3, -0.25) is 4.90 Å². The van der Waals surface area contributed by atoms with Crippen molar-refractivity contribution in [2.45, 2.75) is 89.2 Å². The molecule has 0 amide bonds. The second kappa shape index (κ2) is 11.3. The number of likely N-dealkylation sites (N-methyl/N-ethyl adjacent to an activating group) is 1. The Kier molecular flexibility index (Phi) is 7.70. The molecule has 3 fully saturated rings. The van der Waals surface area contributed by atoms with Crippen molar-refractivity contribution >= 4 is 5.82 Å². The van der Waals surface area contributed by atoms with Crippen molar-refractivity contribution in [2.24, 2.45) is 5.73 Å². The van der Waals surface area contributed by atoms with Crippen LogP contribution in [0.25, 0.3) is 11.5 Å². The predicted octanol–water partition coefficient (Wildman–Crippen LogP) is 3.85. The SMILES string of the molecule is CC1=C(/C(C#N)=C(\C)N)[C@@](C)(c2nc(-c3cc(N4CCNCC4)nc(OC4CCCC45CCCN5C)n3)no2)CCC1. The predicted molar refractivity (Wildman–Crippen MR) is 160 cm³/mol. The average Bonchev–Trinajstić information content (AvgIpc) is 3.73. The van der Waals surface area contributed by atoms with Gasteiger partial charge in [-0.05, 0) is 91.3 Å². The van der Waals surface area contributed by atoms with Gasteiger partial charge in [0.1, 0.15) is 23.7 Å². The second-order valence-corrected chi connectivity index (χ2v) is 12.7. The summed E-state index contributed by atoms with van der Waals surface area (Å²) in [6.07, 6.45) is 8.30. The number of rotatable bonds is 6. The molecule has 4 aliphatic rings. The molecule has 0 aromatic carbocycles. The molecule has 2 aromatic rings. The molecule has 6 rings (SSSR count). The zero-order chi connectivity index (χ0) is 29.5. The van der Waals surface area contributed by atoms with Crippen LogP contribution < -0.4 is 20.7 Å². The van der Waals surface area contributed by atoms with Gasteiger partial charge in [0.05, 0.1) is 16.5 Å². The molecule has 2 saturated heterocycles. The standard InChI is InChI=1S/C31H43N9O2/c1-20-8-5-10-30(3,26(20)22(19-32)21(2)33)28-37-27(38-42-28)23-18-25(40-16-13-34-14-17-40)36-29(35-23)41-24-9-6-11-31(24)12-7-15-39(31)4/h18,24,34H,5-17,33H2,1-4H3/b22-21+/t24?,30-,31?/m0/s1. The first-order valence-electron chi connectivity index (χ1n) is 15.4. The first-order chi connectivity index (χ1) is 20.2. The average molecular weight is 574 g/mol. The largest absolute Gasteiger partial charge is 0.458 e. The Morgan fingerprint density at radius 1 is 1.14 bits per heavy atom. The second-order valence-electron chi connectivity index (χ2n) is 12.7. The maximum absolute atomic E-state index is 9.99. The van der Waals surface area contributed by atoms with Gasteiger partial charge in [-0.1, -0.05) is 10.7 Å². The highest BCUT2D eigenvalue weighted by Gasteiger charge is 2.50. The number of piperazine rings is 1. The van der Waals surface area contributed by atoms with E-state index in [1.807, 2.05) is 6.07 Å². The van der Waals surface area contributed by atoms with E-state index < -0.39 is 5.41 Å². The van der Waals surface area contributed by atoms with Gasteiger partial charge in [0.2, 0.25) is 11.7 Å². The minimum Gasteiger partial charge on any atom is -0.458 e. The topological polar surface area (TPSA) is 142 Å². The fourth-order valence-corrected chi connectivity index (χ4v) is 7.74. The van der Waals surface area contributed by atoms with Crippen LogP contribution in [0.5, 0.6) is 6.01 Å². The summed E-state index contributed by atoms with van der Waals surface area (Å²) < 4.78 is 12.6. The van der Waals surface area contributed by atoms with Crippen LogP contribution in [0.1, 0.15) is 78.0 Å². The normalized spacial score (nSPS) is 29.2. The van der Waals surface area contributed by atoms with E-state index in [0.717, 1.165) is 94.6 Å². The minimum atomic E-state index is -0.629. The van der Waals surface area contributed by atoms with Gasteiger partial charge in [-0.15, -0.1) is 0 Å². The van der Waals surface area contributed by atoms with E-state index in [-0.39, 0.29) is 11.6 Å². The van der Waals surface area contributed by atoms with E-state index in [4.69, 9.17) is 29.9 Å². The van der Waals surface area contributed by atoms with Crippen LogP contribution in [0.4, 0.5) is 5.82 Å². The summed E-state index contributed by atoms with van der Waals surface area (Å²) in [4.78, 5) is 19.4. The Morgan fingerprint density at radius 3 is 2.64 bits per heavy atom. The van der Waals surface area contributed by atoms with Crippen LogP contribution in [0.3, 0.4) is 0 Å². The van der Waals surface area contributed by atoms with Crippen molar-refractivity contribution in [3.8, 4) is 23.6 Å². The zero-order valence-electron chi connectivity index (χ0n) is 25.4. The van der Waals surface area contributed by atoms with Gasteiger partial charge in [0.25, 0.3) is 0 Å². The lowest BCUT2D eigenvalue weighted by molar-refractivity contribution is 0.0410. The number of nitriles is 1. The number of anilines is 1. The molecule has 11 heteroatoms. The zero-order valence-corrected chi connectivity index (χ0v) is 25.4. The molecule has 42 heavy (non-hydrogen) atoms. The molecular weight excluding hydrogens is 530 g/mol. The molecule has 224 valence electrons. The Labute approximate surface area is 248 Å². The Bertz CT molecular complexity index is 1430. The Balaban J connectivity index is 1.38. The van der Waals surface area contributed by atoms with Crippen LogP contribution in [0.2, 0.25) is 0 Å². The van der Waals surface area contributed by atoms with Crippen molar-refractivity contribution in [1.82, 2.24) is 30.3 Å². The molecule has 2 aliphatic heterocycles. The van der Waals surface area contributed by atoms with E-state index in [2.05, 4.69) is 47.2 Å². The highest BCUT2D eigenvalue weighted by atomic mass is 16.5. The van der Waals surface area contributed by atoms with Gasteiger partial charge < -0.3 is 25.2 Å². The smallest absolute Gasteiger partial charge is 0.319 e. The highest BCUT2D eigenvalue weighted by molar-refractivity contribution is 5.58. The Hall–Kier alpha value is -3.49. The van der Waals surface area contributed by atoms with Crippen molar-refractivity contribution in [1.29, 1.82) is 5.26 Å². The van der Waals surface area contributed by atoms with E-state index in [9.17, 15) is 5.26 Å². The molecule has 2 aliphatic carbocycles. The van der Waals surface area contributed by atoms with Gasteiger partial charge in [-0.25, -0.2) is 0 Å². The molecule has 1 saturated carbocycles. The van der Waals surface area contributed by atoms with E-state index in [1.54, 1.807) is 6.92 Å². The third kappa shape index (κ3) is 4.94. The number of hydrogen-bond acceptors (Lipinski definition) is 11. The number of allylic oxidation sites excluding steroid dienone is 4.